The van der Waals surface area contributed by atoms with Crippen LogP contribution in [0.15, 0.2) is 29.6 Å². The maximum Gasteiger partial charge on any atom is 0.238 e. The summed E-state index contributed by atoms with van der Waals surface area (Å²) in [5.74, 6) is 0.0671. The molecule has 0 fully saturated rings. The van der Waals surface area contributed by atoms with Gasteiger partial charge in [-0.2, -0.15) is 0 Å². The first-order chi connectivity index (χ1) is 10.5. The Balaban J connectivity index is 1.65. The van der Waals surface area contributed by atoms with Crippen molar-refractivity contribution in [3.63, 3.8) is 0 Å². The number of thiophene rings is 1. The van der Waals surface area contributed by atoms with Gasteiger partial charge in [-0.1, -0.05) is 17.7 Å². The number of rotatable bonds is 3. The summed E-state index contributed by atoms with van der Waals surface area (Å²) in [7, 11) is 0. The number of aryl methyl sites for hydroxylation is 2. The number of nitrogens with zero attached hydrogens (tertiary/aromatic N) is 1. The molecule has 0 bridgehead atoms. The van der Waals surface area contributed by atoms with Crippen LogP contribution in [0.5, 0.6) is 0 Å². The Morgan fingerprint density at radius 3 is 2.95 bits per heavy atom. The van der Waals surface area contributed by atoms with E-state index >= 15 is 0 Å². The number of carbonyl (C=O) groups is 1. The van der Waals surface area contributed by atoms with E-state index in [0.29, 0.717) is 12.6 Å². The summed E-state index contributed by atoms with van der Waals surface area (Å²) in [4.78, 5) is 16.1. The predicted molar refractivity (Wildman–Crippen MR) is 92.6 cm³/mol. The van der Waals surface area contributed by atoms with Crippen molar-refractivity contribution in [1.29, 1.82) is 0 Å². The van der Waals surface area contributed by atoms with Gasteiger partial charge in [0.05, 0.1) is 6.54 Å². The summed E-state index contributed by atoms with van der Waals surface area (Å²) in [5.41, 5.74) is 4.62. The Hall–Kier alpha value is -1.65. The fourth-order valence-corrected chi connectivity index (χ4v) is 4.07. The smallest absolute Gasteiger partial charge is 0.238 e. The number of amides is 1. The number of anilines is 1. The van der Waals surface area contributed by atoms with Crippen molar-refractivity contribution >= 4 is 22.9 Å². The lowest BCUT2D eigenvalue weighted by molar-refractivity contribution is -0.117. The second kappa shape index (κ2) is 6.23. The van der Waals surface area contributed by atoms with E-state index in [4.69, 9.17) is 0 Å². The van der Waals surface area contributed by atoms with Crippen LogP contribution in [-0.2, 0) is 11.2 Å². The minimum atomic E-state index is 0.0671. The molecule has 0 saturated heterocycles. The molecule has 0 saturated carbocycles. The van der Waals surface area contributed by atoms with Crippen LogP contribution in [0.25, 0.3) is 0 Å². The maximum atomic E-state index is 12.4. The second-order valence-corrected chi connectivity index (χ2v) is 7.06. The summed E-state index contributed by atoms with van der Waals surface area (Å²) >= 11 is 1.83. The molecule has 22 heavy (non-hydrogen) atoms. The molecule has 1 atom stereocenters. The Kier molecular flexibility index (Phi) is 4.32. The molecule has 1 aromatic carbocycles. The minimum absolute atomic E-state index is 0.0671. The first kappa shape index (κ1) is 15.3. The van der Waals surface area contributed by atoms with Crippen molar-refractivity contribution in [1.82, 2.24) is 4.90 Å². The Bertz CT molecular complexity index is 692. The van der Waals surface area contributed by atoms with Gasteiger partial charge in [-0.05, 0) is 55.8 Å². The van der Waals surface area contributed by atoms with Crippen molar-refractivity contribution in [3.8, 4) is 0 Å². The average Bonchev–Trinajstić information content (AvgIpc) is 2.94. The summed E-state index contributed by atoms with van der Waals surface area (Å²) in [6.45, 7) is 7.68. The second-order valence-electron chi connectivity index (χ2n) is 6.06. The third-order valence-corrected chi connectivity index (χ3v) is 5.40. The lowest BCUT2D eigenvalue weighted by Crippen LogP contribution is -2.39. The molecule has 1 aliphatic rings. The highest BCUT2D eigenvalue weighted by Gasteiger charge is 2.26. The van der Waals surface area contributed by atoms with Gasteiger partial charge < -0.3 is 5.32 Å². The van der Waals surface area contributed by atoms with Crippen LogP contribution in [0, 0.1) is 13.8 Å². The molecule has 0 radical (unpaired) electrons. The maximum absolute atomic E-state index is 12.4. The standard InChI is InChI=1S/C18H22N2OS/c1-12-4-5-16(13(2)10-12)19-18(21)11-20-8-6-17-15(14(20)3)7-9-22-17/h4-5,7,9-10,14H,6,8,11H2,1-3H3,(H,19,21)/t14-/m0/s1. The summed E-state index contributed by atoms with van der Waals surface area (Å²) in [6, 6.07) is 8.62. The van der Waals surface area contributed by atoms with Gasteiger partial charge in [0.15, 0.2) is 0 Å². The van der Waals surface area contributed by atoms with E-state index in [1.807, 2.05) is 30.4 Å². The predicted octanol–water partition coefficient (Wildman–Crippen LogP) is 3.92. The third-order valence-electron chi connectivity index (χ3n) is 4.41. The van der Waals surface area contributed by atoms with Gasteiger partial charge in [0.1, 0.15) is 0 Å². The molecule has 3 rings (SSSR count). The lowest BCUT2D eigenvalue weighted by Gasteiger charge is -2.33. The highest BCUT2D eigenvalue weighted by atomic mass is 32.1. The van der Waals surface area contributed by atoms with Crippen LogP contribution in [0.3, 0.4) is 0 Å². The van der Waals surface area contributed by atoms with Gasteiger partial charge in [0.2, 0.25) is 5.91 Å². The van der Waals surface area contributed by atoms with E-state index in [1.54, 1.807) is 0 Å². The zero-order chi connectivity index (χ0) is 15.7. The minimum Gasteiger partial charge on any atom is -0.325 e. The third kappa shape index (κ3) is 3.08. The molecular weight excluding hydrogens is 292 g/mol. The van der Waals surface area contributed by atoms with E-state index in [-0.39, 0.29) is 5.91 Å². The quantitative estimate of drug-likeness (QED) is 0.931. The first-order valence-corrected chi connectivity index (χ1v) is 8.60. The summed E-state index contributed by atoms with van der Waals surface area (Å²) in [6.07, 6.45) is 1.05. The van der Waals surface area contributed by atoms with Crippen molar-refractivity contribution < 1.29 is 4.79 Å². The number of hydrogen-bond acceptors (Lipinski definition) is 3. The van der Waals surface area contributed by atoms with Gasteiger partial charge in [-0.15, -0.1) is 11.3 Å². The van der Waals surface area contributed by atoms with E-state index in [0.717, 1.165) is 24.2 Å². The number of nitrogens with one attached hydrogen (secondary N) is 1. The molecule has 2 aromatic rings. The number of benzene rings is 1. The zero-order valence-electron chi connectivity index (χ0n) is 13.3. The molecule has 1 aliphatic heterocycles. The topological polar surface area (TPSA) is 32.3 Å². The molecule has 1 aromatic heterocycles. The fourth-order valence-electron chi connectivity index (χ4n) is 3.11. The molecule has 0 spiro atoms. The number of hydrogen-bond donors (Lipinski definition) is 1. The van der Waals surface area contributed by atoms with E-state index < -0.39 is 0 Å². The molecule has 0 aliphatic carbocycles. The fraction of sp³-hybridized carbons (Fsp3) is 0.389. The monoisotopic (exact) mass is 314 g/mol. The van der Waals surface area contributed by atoms with Crippen LogP contribution in [0.2, 0.25) is 0 Å². The SMILES string of the molecule is Cc1ccc(NC(=O)CN2CCc3sccc3[C@@H]2C)c(C)c1. The van der Waals surface area contributed by atoms with Gasteiger partial charge in [-0.3, -0.25) is 9.69 Å². The van der Waals surface area contributed by atoms with Crippen molar-refractivity contribution in [2.75, 3.05) is 18.4 Å². The van der Waals surface area contributed by atoms with Crippen molar-refractivity contribution in [3.05, 3.63) is 51.2 Å². The molecular formula is C18H22N2OS. The van der Waals surface area contributed by atoms with Gasteiger partial charge in [0, 0.05) is 23.2 Å². The van der Waals surface area contributed by atoms with Crippen LogP contribution in [0.1, 0.15) is 34.5 Å². The first-order valence-electron chi connectivity index (χ1n) is 7.72. The molecule has 4 heteroatoms. The summed E-state index contributed by atoms with van der Waals surface area (Å²) in [5, 5.41) is 5.20. The summed E-state index contributed by atoms with van der Waals surface area (Å²) < 4.78 is 0. The Morgan fingerprint density at radius 2 is 2.18 bits per heavy atom. The largest absolute Gasteiger partial charge is 0.325 e. The molecule has 3 nitrogen and oxygen atoms in total. The molecule has 116 valence electrons. The van der Waals surface area contributed by atoms with Crippen molar-refractivity contribution in [2.45, 2.75) is 33.2 Å². The Labute approximate surface area is 136 Å². The number of carbonyl (C=O) groups excluding carboxylic acids is 1. The van der Waals surface area contributed by atoms with Crippen LogP contribution >= 0.6 is 11.3 Å². The normalized spacial score (nSPS) is 18.0. The van der Waals surface area contributed by atoms with Gasteiger partial charge >= 0.3 is 0 Å². The lowest BCUT2D eigenvalue weighted by atomic mass is 10.0. The van der Waals surface area contributed by atoms with Crippen LogP contribution in [-0.4, -0.2) is 23.9 Å². The van der Waals surface area contributed by atoms with Crippen molar-refractivity contribution in [2.24, 2.45) is 0 Å². The van der Waals surface area contributed by atoms with Gasteiger partial charge in [-0.25, -0.2) is 0 Å². The average molecular weight is 314 g/mol. The molecule has 0 unspecified atom stereocenters. The van der Waals surface area contributed by atoms with Crippen LogP contribution in [0.4, 0.5) is 5.69 Å². The zero-order valence-corrected chi connectivity index (χ0v) is 14.2. The molecule has 1 amide bonds. The van der Waals surface area contributed by atoms with Crippen LogP contribution < -0.4 is 5.32 Å². The molecule has 1 N–H and O–H groups in total. The Morgan fingerprint density at radius 1 is 1.36 bits per heavy atom. The van der Waals surface area contributed by atoms with E-state index in [2.05, 4.69) is 41.6 Å². The van der Waals surface area contributed by atoms with E-state index in [9.17, 15) is 4.79 Å². The van der Waals surface area contributed by atoms with Gasteiger partial charge in [0.25, 0.3) is 0 Å². The highest BCUT2D eigenvalue weighted by molar-refractivity contribution is 7.10. The molecule has 2 heterocycles. The number of fused-ring (bicyclic) bond motifs is 1. The highest BCUT2D eigenvalue weighted by Crippen LogP contribution is 2.32. The van der Waals surface area contributed by atoms with E-state index in [1.165, 1.54) is 16.0 Å².